The number of hydrogen-bond acceptors (Lipinski definition) is 14. The van der Waals surface area contributed by atoms with Gasteiger partial charge < -0.3 is 48.6 Å². The lowest BCUT2D eigenvalue weighted by atomic mass is 9.78. The van der Waals surface area contributed by atoms with Crippen molar-refractivity contribution in [3.05, 3.63) is 47.6 Å². The van der Waals surface area contributed by atoms with Gasteiger partial charge in [0.15, 0.2) is 5.78 Å². The molecule has 68 heavy (non-hydrogen) atoms. The molecule has 1 saturated carbocycles. The molecule has 4 aliphatic rings. The van der Waals surface area contributed by atoms with Crippen molar-refractivity contribution in [3.8, 4) is 0 Å². The second kappa shape index (κ2) is 27.3. The van der Waals surface area contributed by atoms with Gasteiger partial charge in [0.05, 0.1) is 37.6 Å². The van der Waals surface area contributed by atoms with Gasteiger partial charge in [-0.3, -0.25) is 19.2 Å². The summed E-state index contributed by atoms with van der Waals surface area (Å²) in [5.74, 6) is -7.96. The van der Waals surface area contributed by atoms with Crippen molar-refractivity contribution in [1.29, 1.82) is 0 Å². The monoisotopic (exact) mass is 958 g/mol. The first kappa shape index (κ1) is 57.2. The first-order valence-corrected chi connectivity index (χ1v) is 25.0. The van der Waals surface area contributed by atoms with E-state index in [-0.39, 0.29) is 74.1 Å². The summed E-state index contributed by atoms with van der Waals surface area (Å²) >= 11 is 0. The number of aliphatic hydroxyl groups excluding tert-OH is 2. The van der Waals surface area contributed by atoms with Crippen LogP contribution in [0.2, 0.25) is 0 Å². The van der Waals surface area contributed by atoms with Crippen LogP contribution in [0.15, 0.2) is 47.6 Å². The van der Waals surface area contributed by atoms with E-state index in [1.807, 2.05) is 58.1 Å². The summed E-state index contributed by atoms with van der Waals surface area (Å²) in [4.78, 5) is 72.1. The van der Waals surface area contributed by atoms with Crippen LogP contribution in [0.25, 0.3) is 0 Å². The molecule has 3 N–H and O–H groups in total. The van der Waals surface area contributed by atoms with E-state index in [0.29, 0.717) is 63.4 Å². The molecule has 0 radical (unpaired) electrons. The van der Waals surface area contributed by atoms with Crippen LogP contribution in [0.1, 0.15) is 126 Å². The van der Waals surface area contributed by atoms with Gasteiger partial charge in [-0.05, 0) is 107 Å². The van der Waals surface area contributed by atoms with E-state index in [1.54, 1.807) is 41.1 Å². The molecule has 0 aromatic heterocycles. The normalized spacial score (nSPS) is 39.2. The molecule has 1 aliphatic carbocycles. The van der Waals surface area contributed by atoms with Crippen LogP contribution in [-0.2, 0) is 52.4 Å². The van der Waals surface area contributed by atoms with Gasteiger partial charge in [-0.1, -0.05) is 71.1 Å². The number of ether oxygens (including phenoxy) is 6. The van der Waals surface area contributed by atoms with Gasteiger partial charge >= 0.3 is 5.97 Å². The largest absolute Gasteiger partial charge is 0.460 e. The van der Waals surface area contributed by atoms with Gasteiger partial charge in [-0.15, -0.1) is 0 Å². The van der Waals surface area contributed by atoms with E-state index < -0.39 is 77.8 Å². The topological polar surface area (TPSA) is 205 Å². The third-order valence-electron chi connectivity index (χ3n) is 14.9. The molecule has 1 amide bonds. The predicted octanol–water partition coefficient (Wildman–Crippen LogP) is 6.20. The summed E-state index contributed by atoms with van der Waals surface area (Å²) < 4.78 is 35.6. The Labute approximate surface area is 405 Å². The molecule has 3 heterocycles. The average Bonchev–Trinajstić information content (AvgIpc) is 3.32. The zero-order valence-corrected chi connectivity index (χ0v) is 42.4. The highest BCUT2D eigenvalue weighted by Gasteiger charge is 2.53. The van der Waals surface area contributed by atoms with Crippen molar-refractivity contribution in [2.75, 3.05) is 41.1 Å². The Kier molecular flexibility index (Phi) is 22.9. The van der Waals surface area contributed by atoms with Gasteiger partial charge in [0.2, 0.25) is 5.79 Å². The first-order chi connectivity index (χ1) is 32.3. The maximum Gasteiger partial charge on any atom is 0.329 e. The molecule has 0 aromatic rings. The standard InChI is InChI=1S/C53H83NO14/c1-32-16-12-11-13-17-33(2)44(63-8)30-40-21-19-38(7)53(62,68-40)50(59)51(60)54-23-15-14-18-41(54)52(61)67-45(35(4)28-39-20-22-43(66-25-24-55)46(29-39)64-9)31-42(56)34(3)27-37(6)48(58)49(65-10)47(57)36(5)26-32/h11-13,16-17,27,32,34-36,38-41,43-46,48-49,55,58,62H,14-15,18-26,28-31H2,1-10H3/b13-11+,16-12+,33-17-,37-27+/t32-,34-,35-,36-,38-,39+,40+,41+,43-,44+,45+,46-,48-,49+,53-/m1/s1. The molecule has 384 valence electrons. The highest BCUT2D eigenvalue weighted by Crippen LogP contribution is 2.38. The molecule has 4 rings (SSSR count). The predicted molar refractivity (Wildman–Crippen MR) is 256 cm³/mol. The lowest BCUT2D eigenvalue weighted by molar-refractivity contribution is -0.265. The van der Waals surface area contributed by atoms with E-state index >= 15 is 0 Å². The highest BCUT2D eigenvalue weighted by molar-refractivity contribution is 6.39. The number of fused-ring (bicyclic) bond motifs is 3. The molecule has 2 saturated heterocycles. The van der Waals surface area contributed by atoms with Crippen molar-refractivity contribution in [1.82, 2.24) is 4.90 Å². The van der Waals surface area contributed by atoms with Crippen LogP contribution >= 0.6 is 0 Å². The van der Waals surface area contributed by atoms with Crippen LogP contribution in [0.4, 0.5) is 0 Å². The van der Waals surface area contributed by atoms with Gasteiger partial charge in [-0.2, -0.15) is 0 Å². The van der Waals surface area contributed by atoms with Crippen LogP contribution in [0, 0.1) is 35.5 Å². The van der Waals surface area contributed by atoms with Crippen molar-refractivity contribution >= 4 is 29.2 Å². The molecule has 3 aliphatic heterocycles. The average molecular weight is 958 g/mol. The molecule has 15 heteroatoms. The lowest BCUT2D eigenvalue weighted by Crippen LogP contribution is -2.61. The quantitative estimate of drug-likeness (QED) is 0.134. The minimum absolute atomic E-state index is 0.0158. The Morgan fingerprint density at radius 1 is 0.853 bits per heavy atom. The van der Waals surface area contributed by atoms with E-state index in [4.69, 9.17) is 28.4 Å². The number of aliphatic hydroxyl groups is 3. The summed E-state index contributed by atoms with van der Waals surface area (Å²) in [7, 11) is 4.58. The number of nitrogens with zero attached hydrogens (tertiary/aromatic N) is 1. The molecule has 3 fully saturated rings. The number of ketones is 3. The zero-order chi connectivity index (χ0) is 50.3. The van der Waals surface area contributed by atoms with Crippen LogP contribution in [-0.4, -0.2) is 145 Å². The fraction of sp³-hybridized carbons (Fsp3) is 0.755. The number of cyclic esters (lactones) is 1. The zero-order valence-electron chi connectivity index (χ0n) is 42.4. The summed E-state index contributed by atoms with van der Waals surface area (Å²) in [6.45, 7) is 12.9. The summed E-state index contributed by atoms with van der Waals surface area (Å²) in [5.41, 5.74) is 1.26. The number of Topliss-reactive ketones (excluding diaryl/α,β-unsaturated/α-hetero) is 3. The first-order valence-electron chi connectivity index (χ1n) is 25.0. The highest BCUT2D eigenvalue weighted by atomic mass is 16.6. The Morgan fingerprint density at radius 2 is 1.59 bits per heavy atom. The smallest absolute Gasteiger partial charge is 0.329 e. The Balaban J connectivity index is 1.70. The van der Waals surface area contributed by atoms with Gasteiger partial charge in [0, 0.05) is 58.5 Å². The van der Waals surface area contributed by atoms with Crippen LogP contribution < -0.4 is 0 Å². The maximum atomic E-state index is 14.5. The third kappa shape index (κ3) is 15.3. The number of allylic oxidation sites excluding steroid dienone is 6. The van der Waals surface area contributed by atoms with Crippen molar-refractivity contribution in [2.45, 2.75) is 180 Å². The fourth-order valence-corrected chi connectivity index (χ4v) is 10.5. The van der Waals surface area contributed by atoms with Crippen molar-refractivity contribution in [3.63, 3.8) is 0 Å². The number of methoxy groups -OCH3 is 3. The Bertz CT molecular complexity index is 1810. The second-order valence-corrected chi connectivity index (χ2v) is 20.2. The Morgan fingerprint density at radius 3 is 2.26 bits per heavy atom. The van der Waals surface area contributed by atoms with E-state index in [9.17, 15) is 39.3 Å². The van der Waals surface area contributed by atoms with Gasteiger partial charge in [-0.25, -0.2) is 4.79 Å². The number of esters is 1. The molecule has 15 nitrogen and oxygen atoms in total. The SMILES string of the molecule is CO[C@H]1C[C@@H]2CC[C@@H](C)[C@@](O)(O2)C(=O)C(=O)N2CCCC[C@H]2C(=O)O[C@H]([C@H](C)C[C@@H]2CC[C@@H](OCCO)[C@H](OC)C2)CC(=O)[C@H](C)/C=C(\C)[C@@H](O)[C@@H](OC)C(=O)[C@H](C)C[C@H](C)/C=C/C=C/C=C\1C. The third-order valence-corrected chi connectivity index (χ3v) is 14.9. The van der Waals surface area contributed by atoms with Crippen molar-refractivity contribution in [2.24, 2.45) is 35.5 Å². The number of piperidine rings is 1. The van der Waals surface area contributed by atoms with E-state index in [2.05, 4.69) is 0 Å². The van der Waals surface area contributed by atoms with Crippen LogP contribution in [0.5, 0.6) is 0 Å². The molecule has 0 spiro atoms. The number of carbonyl (C=O) groups excluding carboxylic acids is 5. The van der Waals surface area contributed by atoms with E-state index in [0.717, 1.165) is 12.0 Å². The van der Waals surface area contributed by atoms with Gasteiger partial charge in [0.1, 0.15) is 30.1 Å². The molecular weight excluding hydrogens is 875 g/mol. The van der Waals surface area contributed by atoms with E-state index in [1.165, 1.54) is 12.0 Å². The summed E-state index contributed by atoms with van der Waals surface area (Å²) in [5, 5.41) is 32.8. The molecule has 0 aromatic carbocycles. The number of rotatable bonds is 9. The minimum Gasteiger partial charge on any atom is -0.460 e. The number of hydrogen-bond donors (Lipinski definition) is 3. The summed E-state index contributed by atoms with van der Waals surface area (Å²) in [6, 6.07) is -1.14. The molecule has 2 bridgehead atoms. The number of carbonyl (C=O) groups is 5. The summed E-state index contributed by atoms with van der Waals surface area (Å²) in [6.07, 6.45) is 12.0. The van der Waals surface area contributed by atoms with Gasteiger partial charge in [0.25, 0.3) is 11.7 Å². The fourth-order valence-electron chi connectivity index (χ4n) is 10.5. The van der Waals surface area contributed by atoms with Crippen LogP contribution in [0.3, 0.4) is 0 Å². The minimum atomic E-state index is -2.43. The molecule has 15 atom stereocenters. The van der Waals surface area contributed by atoms with Crippen molar-refractivity contribution < 1.29 is 67.7 Å². The lowest BCUT2D eigenvalue weighted by Gasteiger charge is -2.42. The molecule has 0 unspecified atom stereocenters. The number of amides is 1. The Hall–Kier alpha value is -3.41. The molecular formula is C53H83NO14. The maximum absolute atomic E-state index is 14.5. The second-order valence-electron chi connectivity index (χ2n) is 20.2.